The summed E-state index contributed by atoms with van der Waals surface area (Å²) in [4.78, 5) is 39.4. The molecule has 0 amide bonds. The topological polar surface area (TPSA) is 107 Å². The minimum Gasteiger partial charge on any atom is -0.460 e. The van der Waals surface area contributed by atoms with Crippen molar-refractivity contribution in [2.75, 3.05) is 45.9 Å². The zero-order valence-electron chi connectivity index (χ0n) is 28.4. The molecule has 0 aliphatic rings. The van der Waals surface area contributed by atoms with Crippen LogP contribution in [0.4, 0.5) is 61.5 Å². The lowest BCUT2D eigenvalue weighted by molar-refractivity contribution is -0.298. The van der Waals surface area contributed by atoms with Crippen molar-refractivity contribution in [3.8, 4) is 0 Å². The van der Waals surface area contributed by atoms with E-state index in [0.717, 1.165) is 9.24 Å². The highest BCUT2D eigenvalue weighted by molar-refractivity contribution is 7.99. The Kier molecular flexibility index (Phi) is 20.6. The lowest BCUT2D eigenvalue weighted by atomic mass is 10.0. The molecule has 0 aromatic carbocycles. The van der Waals surface area contributed by atoms with Crippen molar-refractivity contribution in [2.45, 2.75) is 106 Å². The van der Waals surface area contributed by atoms with Crippen molar-refractivity contribution < 1.29 is 104 Å². The van der Waals surface area contributed by atoms with Crippen LogP contribution in [0.3, 0.4) is 0 Å². The fourth-order valence-corrected chi connectivity index (χ4v) is 4.46. The summed E-state index contributed by atoms with van der Waals surface area (Å²) in [6.45, 7) is -4.70. The second kappa shape index (κ2) is 21.4. The number of hydrogen-bond acceptors (Lipinski definition) is 10. The standard InChI is InChI=1S/C28H39F14O9PS/c1-5-15(9-48-14-25(33,52)28(40,41)42)49-19(43)8-18(21(44)50-16(6-2)10-46-12-23(29,30)26(34,35)36)20(53-4)22(45)51-17(7-3)11-47-13-24(31,32)27(37,38)39/h15-18,20H,5-14,52H2,1-4H3. The number of ether oxygens (including phenoxy) is 6. The van der Waals surface area contributed by atoms with E-state index in [4.69, 9.17) is 18.9 Å². The van der Waals surface area contributed by atoms with Gasteiger partial charge in [0.2, 0.25) is 5.41 Å². The van der Waals surface area contributed by atoms with E-state index >= 15 is 0 Å². The van der Waals surface area contributed by atoms with Crippen LogP contribution >= 0.6 is 21.0 Å². The first-order chi connectivity index (χ1) is 24.0. The number of carbonyl (C=O) groups excluding carboxylic acids is 3. The molecule has 0 N–H and O–H groups in total. The number of thioether (sulfide) groups is 1. The van der Waals surface area contributed by atoms with Crippen molar-refractivity contribution in [1.29, 1.82) is 0 Å². The summed E-state index contributed by atoms with van der Waals surface area (Å²) >= 11 is 0.519. The molecule has 0 aromatic rings. The Bertz CT molecular complexity index is 1140. The molecule has 0 radical (unpaired) electrons. The largest absolute Gasteiger partial charge is 0.460 e. The van der Waals surface area contributed by atoms with Crippen LogP contribution in [0, 0.1) is 5.92 Å². The molecule has 0 aliphatic carbocycles. The molecule has 7 unspecified atom stereocenters. The highest BCUT2D eigenvalue weighted by Crippen LogP contribution is 2.40. The van der Waals surface area contributed by atoms with Crippen molar-refractivity contribution in [3.05, 3.63) is 0 Å². The van der Waals surface area contributed by atoms with Gasteiger partial charge in [-0.3, -0.25) is 14.4 Å². The van der Waals surface area contributed by atoms with Crippen molar-refractivity contribution in [1.82, 2.24) is 0 Å². The number of alkyl halides is 14. The Morgan fingerprint density at radius 2 is 0.925 bits per heavy atom. The molecule has 7 atom stereocenters. The van der Waals surface area contributed by atoms with E-state index in [1.165, 1.54) is 27.0 Å². The summed E-state index contributed by atoms with van der Waals surface area (Å²) in [5.41, 5.74) is 0. The number of esters is 3. The van der Waals surface area contributed by atoms with Crippen LogP contribution in [0.2, 0.25) is 0 Å². The lowest BCUT2D eigenvalue weighted by Crippen LogP contribution is -2.43. The number of carbonyl (C=O) groups is 3. The number of halogens is 14. The van der Waals surface area contributed by atoms with E-state index in [0.29, 0.717) is 11.8 Å². The van der Waals surface area contributed by atoms with E-state index in [9.17, 15) is 75.8 Å². The Labute approximate surface area is 301 Å². The molecule has 0 saturated heterocycles. The second-order valence-electron chi connectivity index (χ2n) is 11.2. The molecule has 0 fully saturated rings. The molecule has 0 bridgehead atoms. The Morgan fingerprint density at radius 3 is 1.26 bits per heavy atom. The van der Waals surface area contributed by atoms with Gasteiger partial charge in [0.1, 0.15) is 36.8 Å². The third-order valence-corrected chi connectivity index (χ3v) is 8.38. The summed E-state index contributed by atoms with van der Waals surface area (Å²) in [6.07, 6.45) is -22.2. The molecule has 0 aliphatic heterocycles. The fraction of sp³-hybridized carbons (Fsp3) is 0.893. The average molecular weight is 849 g/mol. The van der Waals surface area contributed by atoms with Gasteiger partial charge >= 0.3 is 48.3 Å². The molecule has 9 nitrogen and oxygen atoms in total. The minimum atomic E-state index is -5.98. The molecule has 25 heteroatoms. The Hall–Kier alpha value is -1.91. The monoisotopic (exact) mass is 848 g/mol. The molecule has 0 rings (SSSR count). The molecule has 53 heavy (non-hydrogen) atoms. The second-order valence-corrected chi connectivity index (χ2v) is 13.1. The van der Waals surface area contributed by atoms with Gasteiger partial charge in [0.15, 0.2) is 0 Å². The van der Waals surface area contributed by atoms with Gasteiger partial charge in [-0.15, -0.1) is 11.8 Å². The van der Waals surface area contributed by atoms with Crippen LogP contribution in [0.15, 0.2) is 0 Å². The van der Waals surface area contributed by atoms with Crippen LogP contribution in [-0.2, 0) is 42.8 Å². The van der Waals surface area contributed by atoms with Crippen LogP contribution in [0.5, 0.6) is 0 Å². The van der Waals surface area contributed by atoms with E-state index < -0.39 is 129 Å². The molecule has 314 valence electrons. The summed E-state index contributed by atoms with van der Waals surface area (Å²) < 4.78 is 209. The summed E-state index contributed by atoms with van der Waals surface area (Å²) in [7, 11) is 0.917. The van der Waals surface area contributed by atoms with Crippen molar-refractivity contribution >= 4 is 38.9 Å². The number of rotatable bonds is 24. The maximum absolute atomic E-state index is 13.8. The van der Waals surface area contributed by atoms with Crippen LogP contribution in [0.1, 0.15) is 46.5 Å². The van der Waals surface area contributed by atoms with Gasteiger partial charge in [-0.05, 0) is 25.5 Å². The zero-order valence-corrected chi connectivity index (χ0v) is 30.4. The Morgan fingerprint density at radius 1 is 0.566 bits per heavy atom. The van der Waals surface area contributed by atoms with Crippen LogP contribution in [-0.4, -0.2) is 123 Å². The fourth-order valence-electron chi connectivity index (χ4n) is 3.56. The van der Waals surface area contributed by atoms with Crippen LogP contribution < -0.4 is 0 Å². The maximum atomic E-state index is 13.8. The van der Waals surface area contributed by atoms with E-state index in [1.807, 2.05) is 0 Å². The van der Waals surface area contributed by atoms with Gasteiger partial charge in [-0.2, -0.15) is 57.1 Å². The van der Waals surface area contributed by atoms with Gasteiger partial charge in [0.05, 0.1) is 38.8 Å². The summed E-state index contributed by atoms with van der Waals surface area (Å²) in [5, 5.41) is -5.64. The molecular weight excluding hydrogens is 809 g/mol. The first kappa shape index (κ1) is 51.1. The van der Waals surface area contributed by atoms with E-state index in [-0.39, 0.29) is 19.3 Å². The Balaban J connectivity index is 6.07. The normalized spacial score (nSPS) is 17.3. The average Bonchev–Trinajstić information content (AvgIpc) is 3.01. The minimum absolute atomic E-state index is 0.139. The van der Waals surface area contributed by atoms with E-state index in [2.05, 4.69) is 9.47 Å². The smallest absolute Gasteiger partial charge is 0.455 e. The SMILES string of the molecule is CCC(COCC(F)(P)C(F)(F)F)OC(=O)CC(C(=O)OC(CC)COCC(F)(F)C(F)(F)F)C(SC)C(=O)OC(CC)COCC(F)(F)C(F)(F)F. The van der Waals surface area contributed by atoms with Crippen LogP contribution in [0.25, 0.3) is 0 Å². The first-order valence-corrected chi connectivity index (χ1v) is 17.2. The molecule has 0 aromatic heterocycles. The third kappa shape index (κ3) is 17.2. The van der Waals surface area contributed by atoms with Gasteiger partial charge in [-0.25, -0.2) is 4.39 Å². The quantitative estimate of drug-likeness (QED) is 0.0428. The first-order valence-electron chi connectivity index (χ1n) is 15.3. The number of hydrogen-bond donors (Lipinski definition) is 0. The predicted molar refractivity (Wildman–Crippen MR) is 160 cm³/mol. The molecule has 0 heterocycles. The predicted octanol–water partition coefficient (Wildman–Crippen LogP) is 7.24. The van der Waals surface area contributed by atoms with Crippen molar-refractivity contribution in [3.63, 3.8) is 0 Å². The zero-order chi connectivity index (χ0) is 41.6. The summed E-state index contributed by atoms with van der Waals surface area (Å²) in [6, 6.07) is 0. The maximum Gasteiger partial charge on any atom is 0.455 e. The molecular formula is C28H39F14O9PS. The van der Waals surface area contributed by atoms with E-state index in [1.54, 1.807) is 0 Å². The van der Waals surface area contributed by atoms with Gasteiger partial charge in [0, 0.05) is 0 Å². The third-order valence-electron chi connectivity index (χ3n) is 6.86. The highest BCUT2D eigenvalue weighted by atomic mass is 32.2. The van der Waals surface area contributed by atoms with Crippen molar-refractivity contribution in [2.24, 2.45) is 5.92 Å². The van der Waals surface area contributed by atoms with Gasteiger partial charge in [-0.1, -0.05) is 30.0 Å². The molecule has 0 saturated carbocycles. The molecule has 0 spiro atoms. The van der Waals surface area contributed by atoms with Gasteiger partial charge < -0.3 is 28.4 Å². The highest BCUT2D eigenvalue weighted by Gasteiger charge is 2.58. The lowest BCUT2D eigenvalue weighted by Gasteiger charge is -2.28. The van der Waals surface area contributed by atoms with Gasteiger partial charge in [0.25, 0.3) is 0 Å². The summed E-state index contributed by atoms with van der Waals surface area (Å²) in [5.74, 6) is -16.7.